The molecule has 0 spiro atoms. The molecule has 0 amide bonds. The maximum atomic E-state index is 13.1. The Kier molecular flexibility index (Phi) is 2.29. The number of benzene rings is 1. The van der Waals surface area contributed by atoms with Crippen LogP contribution in [0.4, 0.5) is 10.1 Å². The summed E-state index contributed by atoms with van der Waals surface area (Å²) in [6, 6.07) is 4.88. The molecule has 0 aliphatic heterocycles. The number of nitrogen functional groups attached to an aromatic ring is 1. The number of hydrogen-bond donors (Lipinski definition) is 1. The summed E-state index contributed by atoms with van der Waals surface area (Å²) in [6.45, 7) is 2.52. The Balaban J connectivity index is 2.59. The number of halogens is 1. The van der Waals surface area contributed by atoms with Crippen molar-refractivity contribution < 1.29 is 9.13 Å². The van der Waals surface area contributed by atoms with E-state index in [0.717, 1.165) is 15.1 Å². The van der Waals surface area contributed by atoms with Crippen molar-refractivity contribution in [2.24, 2.45) is 0 Å². The van der Waals surface area contributed by atoms with Crippen LogP contribution in [0.3, 0.4) is 0 Å². The van der Waals surface area contributed by atoms with Crippen LogP contribution >= 0.6 is 11.3 Å². The number of fused-ring (bicyclic) bond motifs is 1. The van der Waals surface area contributed by atoms with E-state index in [1.807, 2.05) is 6.92 Å². The third kappa shape index (κ3) is 1.42. The van der Waals surface area contributed by atoms with Gasteiger partial charge in [-0.3, -0.25) is 0 Å². The molecule has 4 heteroatoms. The third-order valence-electron chi connectivity index (χ3n) is 1.95. The molecule has 0 aliphatic rings. The minimum atomic E-state index is -0.377. The van der Waals surface area contributed by atoms with Gasteiger partial charge >= 0.3 is 0 Å². The minimum Gasteiger partial charge on any atom is -0.484 e. The van der Waals surface area contributed by atoms with Gasteiger partial charge in [0, 0.05) is 16.2 Å². The highest BCUT2D eigenvalue weighted by molar-refractivity contribution is 7.20. The molecule has 0 radical (unpaired) electrons. The largest absolute Gasteiger partial charge is 0.484 e. The molecule has 0 aliphatic carbocycles. The summed E-state index contributed by atoms with van der Waals surface area (Å²) in [4.78, 5) is 0. The molecule has 14 heavy (non-hydrogen) atoms. The summed E-state index contributed by atoms with van der Waals surface area (Å²) < 4.78 is 19.4. The predicted molar refractivity (Wildman–Crippen MR) is 57.4 cm³/mol. The van der Waals surface area contributed by atoms with Crippen LogP contribution in [0.2, 0.25) is 0 Å². The number of anilines is 1. The Morgan fingerprint density at radius 3 is 3.00 bits per heavy atom. The summed E-state index contributed by atoms with van der Waals surface area (Å²) in [6.07, 6.45) is 0. The van der Waals surface area contributed by atoms with E-state index in [1.54, 1.807) is 12.1 Å². The van der Waals surface area contributed by atoms with Gasteiger partial charge in [0.1, 0.15) is 5.82 Å². The molecule has 0 saturated carbocycles. The van der Waals surface area contributed by atoms with Crippen molar-refractivity contribution in [1.82, 2.24) is 0 Å². The number of ether oxygens (including phenoxy) is 1. The number of thiophene rings is 1. The van der Waals surface area contributed by atoms with Crippen molar-refractivity contribution in [1.29, 1.82) is 0 Å². The maximum absolute atomic E-state index is 13.1. The zero-order chi connectivity index (χ0) is 10.1. The molecule has 74 valence electrons. The Labute approximate surface area is 85.1 Å². The molecule has 2 nitrogen and oxygen atoms in total. The Morgan fingerprint density at radius 2 is 2.29 bits per heavy atom. The fourth-order valence-corrected chi connectivity index (χ4v) is 2.28. The maximum Gasteiger partial charge on any atom is 0.174 e. The normalized spacial score (nSPS) is 10.7. The van der Waals surface area contributed by atoms with Crippen molar-refractivity contribution in [3.63, 3.8) is 0 Å². The monoisotopic (exact) mass is 211 g/mol. The molecule has 0 bridgehead atoms. The van der Waals surface area contributed by atoms with Gasteiger partial charge in [0.05, 0.1) is 12.3 Å². The lowest BCUT2D eigenvalue weighted by Gasteiger charge is -1.96. The Hall–Kier alpha value is -1.29. The first-order valence-electron chi connectivity index (χ1n) is 4.32. The zero-order valence-corrected chi connectivity index (χ0v) is 8.53. The first-order chi connectivity index (χ1) is 6.72. The SMILES string of the molecule is CCOc1cc2c(N)c(F)ccc2s1. The first-order valence-corrected chi connectivity index (χ1v) is 5.14. The standard InChI is InChI=1S/C10H10FNOS/c1-2-13-9-5-6-8(14-9)4-3-7(11)10(6)12/h3-5H,2,12H2,1H3. The third-order valence-corrected chi connectivity index (χ3v) is 2.97. The van der Waals surface area contributed by atoms with E-state index in [-0.39, 0.29) is 11.5 Å². The van der Waals surface area contributed by atoms with E-state index in [0.29, 0.717) is 6.61 Å². The second-order valence-corrected chi connectivity index (χ2v) is 3.92. The van der Waals surface area contributed by atoms with Crippen molar-refractivity contribution in [2.75, 3.05) is 12.3 Å². The highest BCUT2D eigenvalue weighted by Gasteiger charge is 2.08. The van der Waals surface area contributed by atoms with Gasteiger partial charge in [-0.1, -0.05) is 11.3 Å². The molecule has 1 aromatic heterocycles. The van der Waals surface area contributed by atoms with E-state index in [1.165, 1.54) is 17.4 Å². The van der Waals surface area contributed by atoms with Crippen molar-refractivity contribution in [2.45, 2.75) is 6.92 Å². The van der Waals surface area contributed by atoms with E-state index < -0.39 is 0 Å². The van der Waals surface area contributed by atoms with Gasteiger partial charge in [-0.05, 0) is 19.1 Å². The highest BCUT2D eigenvalue weighted by Crippen LogP contribution is 2.35. The lowest BCUT2D eigenvalue weighted by molar-refractivity contribution is 0.350. The van der Waals surface area contributed by atoms with Crippen LogP contribution in [0.1, 0.15) is 6.92 Å². The Bertz CT molecular complexity index is 466. The fourth-order valence-electron chi connectivity index (χ4n) is 1.30. The van der Waals surface area contributed by atoms with E-state index in [2.05, 4.69) is 0 Å². The molecule has 0 atom stereocenters. The summed E-state index contributed by atoms with van der Waals surface area (Å²) in [5.74, 6) is -0.377. The summed E-state index contributed by atoms with van der Waals surface area (Å²) in [7, 11) is 0. The topological polar surface area (TPSA) is 35.2 Å². The average Bonchev–Trinajstić information content (AvgIpc) is 2.56. The van der Waals surface area contributed by atoms with Gasteiger partial charge in [0.25, 0.3) is 0 Å². The number of nitrogens with two attached hydrogens (primary N) is 1. The summed E-state index contributed by atoms with van der Waals surface area (Å²) in [5, 5.41) is 1.51. The van der Waals surface area contributed by atoms with Crippen LogP contribution in [-0.4, -0.2) is 6.61 Å². The van der Waals surface area contributed by atoms with Crippen LogP contribution in [0.15, 0.2) is 18.2 Å². The molecular formula is C10H10FNOS. The van der Waals surface area contributed by atoms with Crippen LogP contribution in [0, 0.1) is 5.82 Å². The summed E-state index contributed by atoms with van der Waals surface area (Å²) in [5.41, 5.74) is 5.80. The van der Waals surface area contributed by atoms with Gasteiger partial charge < -0.3 is 10.5 Å². The van der Waals surface area contributed by atoms with Gasteiger partial charge in [0.2, 0.25) is 0 Å². The predicted octanol–water partition coefficient (Wildman–Crippen LogP) is 3.02. The van der Waals surface area contributed by atoms with E-state index >= 15 is 0 Å². The van der Waals surface area contributed by atoms with Crippen LogP contribution < -0.4 is 10.5 Å². The minimum absolute atomic E-state index is 0.199. The van der Waals surface area contributed by atoms with Crippen LogP contribution in [-0.2, 0) is 0 Å². The highest BCUT2D eigenvalue weighted by atomic mass is 32.1. The van der Waals surface area contributed by atoms with Crippen LogP contribution in [0.25, 0.3) is 10.1 Å². The molecule has 0 fully saturated rings. The van der Waals surface area contributed by atoms with Crippen molar-refractivity contribution in [3.8, 4) is 5.06 Å². The van der Waals surface area contributed by atoms with Gasteiger partial charge in [-0.25, -0.2) is 4.39 Å². The van der Waals surface area contributed by atoms with Crippen molar-refractivity contribution >= 4 is 27.1 Å². The average molecular weight is 211 g/mol. The second-order valence-electron chi connectivity index (χ2n) is 2.87. The quantitative estimate of drug-likeness (QED) is 0.775. The molecule has 1 heterocycles. The van der Waals surface area contributed by atoms with Gasteiger partial charge in [0.15, 0.2) is 5.06 Å². The van der Waals surface area contributed by atoms with Crippen LogP contribution in [0.5, 0.6) is 5.06 Å². The lowest BCUT2D eigenvalue weighted by Crippen LogP contribution is -1.89. The molecule has 0 saturated heterocycles. The summed E-state index contributed by atoms with van der Waals surface area (Å²) >= 11 is 1.48. The van der Waals surface area contributed by atoms with Crippen molar-refractivity contribution in [3.05, 3.63) is 24.0 Å². The molecule has 2 rings (SSSR count). The molecule has 2 aromatic rings. The lowest BCUT2D eigenvalue weighted by atomic mass is 10.2. The first kappa shape index (κ1) is 9.27. The smallest absolute Gasteiger partial charge is 0.174 e. The van der Waals surface area contributed by atoms with E-state index in [4.69, 9.17) is 10.5 Å². The molecular weight excluding hydrogens is 201 g/mol. The second kappa shape index (κ2) is 3.46. The fraction of sp³-hybridized carbons (Fsp3) is 0.200. The van der Waals surface area contributed by atoms with Gasteiger partial charge in [-0.15, -0.1) is 0 Å². The molecule has 1 aromatic carbocycles. The van der Waals surface area contributed by atoms with E-state index in [9.17, 15) is 4.39 Å². The molecule has 2 N–H and O–H groups in total. The number of hydrogen-bond acceptors (Lipinski definition) is 3. The zero-order valence-electron chi connectivity index (χ0n) is 7.71. The van der Waals surface area contributed by atoms with Gasteiger partial charge in [-0.2, -0.15) is 0 Å². The molecule has 0 unspecified atom stereocenters. The number of rotatable bonds is 2. The Morgan fingerprint density at radius 1 is 1.50 bits per heavy atom.